The van der Waals surface area contributed by atoms with Gasteiger partial charge in [-0.1, -0.05) is 11.6 Å². The Bertz CT molecular complexity index is 278. The summed E-state index contributed by atoms with van der Waals surface area (Å²) in [5, 5.41) is 0.716. The van der Waals surface area contributed by atoms with Gasteiger partial charge >= 0.3 is 0 Å². The maximum atomic E-state index is 5.85. The molecule has 0 unspecified atom stereocenters. The van der Waals surface area contributed by atoms with Gasteiger partial charge in [0.05, 0.1) is 7.11 Å². The van der Waals surface area contributed by atoms with E-state index in [2.05, 4.69) is 5.43 Å². The topological polar surface area (TPSA) is 47.3 Å². The van der Waals surface area contributed by atoms with E-state index in [4.69, 9.17) is 22.2 Å². The number of ether oxygens (including phenoxy) is 1. The Morgan fingerprint density at radius 2 is 2.31 bits per heavy atom. The molecule has 0 fully saturated rings. The van der Waals surface area contributed by atoms with Crippen molar-refractivity contribution < 1.29 is 4.74 Å². The van der Waals surface area contributed by atoms with Crippen molar-refractivity contribution in [2.24, 2.45) is 5.84 Å². The molecule has 0 atom stereocenters. The van der Waals surface area contributed by atoms with E-state index in [0.29, 0.717) is 11.6 Å². The molecule has 0 saturated heterocycles. The van der Waals surface area contributed by atoms with Crippen LogP contribution in [-0.2, 0) is 6.42 Å². The van der Waals surface area contributed by atoms with E-state index in [1.54, 1.807) is 13.2 Å². The van der Waals surface area contributed by atoms with Crippen LogP contribution in [0.2, 0.25) is 5.02 Å². The fourth-order valence-electron chi connectivity index (χ4n) is 1.15. The van der Waals surface area contributed by atoms with Crippen molar-refractivity contribution >= 4 is 11.6 Å². The number of hydrogen-bond acceptors (Lipinski definition) is 3. The molecule has 4 heteroatoms. The third-order valence-corrected chi connectivity index (χ3v) is 2.02. The number of rotatable bonds is 4. The van der Waals surface area contributed by atoms with E-state index in [1.165, 1.54) is 0 Å². The fourth-order valence-corrected chi connectivity index (χ4v) is 1.34. The largest absolute Gasteiger partial charge is 0.496 e. The Hall–Kier alpha value is -0.770. The van der Waals surface area contributed by atoms with Gasteiger partial charge in [0.25, 0.3) is 0 Å². The van der Waals surface area contributed by atoms with Crippen molar-refractivity contribution in [2.75, 3.05) is 13.7 Å². The summed E-state index contributed by atoms with van der Waals surface area (Å²) < 4.78 is 5.17. The van der Waals surface area contributed by atoms with Crippen molar-refractivity contribution in [1.82, 2.24) is 5.43 Å². The molecule has 0 bridgehead atoms. The van der Waals surface area contributed by atoms with Crippen LogP contribution in [0.5, 0.6) is 5.75 Å². The summed E-state index contributed by atoms with van der Waals surface area (Å²) in [4.78, 5) is 0. The number of hydrogen-bond donors (Lipinski definition) is 2. The zero-order valence-electron chi connectivity index (χ0n) is 7.51. The Kier molecular flexibility index (Phi) is 4.02. The number of benzene rings is 1. The lowest BCUT2D eigenvalue weighted by atomic mass is 10.1. The Labute approximate surface area is 82.8 Å². The van der Waals surface area contributed by atoms with Gasteiger partial charge < -0.3 is 4.74 Å². The molecule has 0 aliphatic heterocycles. The zero-order chi connectivity index (χ0) is 9.68. The van der Waals surface area contributed by atoms with Gasteiger partial charge in [-0.15, -0.1) is 0 Å². The molecule has 1 aromatic rings. The van der Waals surface area contributed by atoms with Gasteiger partial charge in [0.1, 0.15) is 5.75 Å². The summed E-state index contributed by atoms with van der Waals surface area (Å²) >= 11 is 5.85. The van der Waals surface area contributed by atoms with Gasteiger partial charge in [-0.3, -0.25) is 11.3 Å². The molecule has 72 valence electrons. The molecule has 0 aliphatic rings. The van der Waals surface area contributed by atoms with Crippen LogP contribution in [0.4, 0.5) is 0 Å². The molecule has 0 radical (unpaired) electrons. The number of methoxy groups -OCH3 is 1. The summed E-state index contributed by atoms with van der Waals surface area (Å²) in [5.74, 6) is 6.03. The smallest absolute Gasteiger partial charge is 0.122 e. The second kappa shape index (κ2) is 5.07. The van der Waals surface area contributed by atoms with Crippen molar-refractivity contribution in [3.63, 3.8) is 0 Å². The molecule has 0 saturated carbocycles. The minimum Gasteiger partial charge on any atom is -0.496 e. The molecule has 1 rings (SSSR count). The summed E-state index contributed by atoms with van der Waals surface area (Å²) in [7, 11) is 1.64. The average molecular weight is 201 g/mol. The van der Waals surface area contributed by atoms with Crippen LogP contribution < -0.4 is 16.0 Å². The van der Waals surface area contributed by atoms with Crippen LogP contribution in [0.1, 0.15) is 5.56 Å². The quantitative estimate of drug-likeness (QED) is 0.570. The Balaban J connectivity index is 2.81. The van der Waals surface area contributed by atoms with Crippen LogP contribution >= 0.6 is 11.6 Å². The van der Waals surface area contributed by atoms with Crippen LogP contribution in [0.25, 0.3) is 0 Å². The van der Waals surface area contributed by atoms with Gasteiger partial charge in [-0.2, -0.15) is 0 Å². The normalized spacial score (nSPS) is 10.1. The monoisotopic (exact) mass is 200 g/mol. The van der Waals surface area contributed by atoms with Crippen molar-refractivity contribution in [3.05, 3.63) is 28.8 Å². The minimum absolute atomic E-state index is 0.705. The molecule has 13 heavy (non-hydrogen) atoms. The molecule has 0 spiro atoms. The summed E-state index contributed by atoms with van der Waals surface area (Å²) in [6.45, 7) is 0.705. The predicted molar refractivity (Wildman–Crippen MR) is 53.9 cm³/mol. The summed E-state index contributed by atoms with van der Waals surface area (Å²) in [6, 6.07) is 5.55. The molecule has 0 amide bonds. The lowest BCUT2D eigenvalue weighted by molar-refractivity contribution is 0.409. The average Bonchev–Trinajstić information content (AvgIpc) is 2.15. The molecule has 1 aromatic carbocycles. The van der Waals surface area contributed by atoms with E-state index in [9.17, 15) is 0 Å². The van der Waals surface area contributed by atoms with Crippen LogP contribution in [0, 0.1) is 0 Å². The second-order valence-corrected chi connectivity index (χ2v) is 3.10. The number of nitrogens with one attached hydrogen (secondary N) is 1. The molecule has 0 aromatic heterocycles. The van der Waals surface area contributed by atoms with Crippen LogP contribution in [0.3, 0.4) is 0 Å². The minimum atomic E-state index is 0.705. The second-order valence-electron chi connectivity index (χ2n) is 2.66. The van der Waals surface area contributed by atoms with Gasteiger partial charge in [0.15, 0.2) is 0 Å². The molecule has 3 nitrogen and oxygen atoms in total. The Morgan fingerprint density at radius 1 is 1.54 bits per heavy atom. The van der Waals surface area contributed by atoms with Crippen molar-refractivity contribution in [3.8, 4) is 5.75 Å². The molecule has 0 heterocycles. The number of halogens is 1. The highest BCUT2D eigenvalue weighted by atomic mass is 35.5. The van der Waals surface area contributed by atoms with Crippen LogP contribution in [-0.4, -0.2) is 13.7 Å². The van der Waals surface area contributed by atoms with E-state index in [-0.39, 0.29) is 0 Å². The molecule has 0 aliphatic carbocycles. The first-order valence-corrected chi connectivity index (χ1v) is 4.41. The van der Waals surface area contributed by atoms with E-state index >= 15 is 0 Å². The summed E-state index contributed by atoms with van der Waals surface area (Å²) in [6.07, 6.45) is 0.806. The Morgan fingerprint density at radius 3 is 2.92 bits per heavy atom. The van der Waals surface area contributed by atoms with Crippen molar-refractivity contribution in [1.29, 1.82) is 0 Å². The van der Waals surface area contributed by atoms with E-state index in [1.807, 2.05) is 12.1 Å². The molecular weight excluding hydrogens is 188 g/mol. The third-order valence-electron chi connectivity index (χ3n) is 1.78. The standard InChI is InChI=1S/C9H13ClN2O/c1-13-9-3-2-8(10)6-7(9)4-5-12-11/h2-3,6,12H,4-5,11H2,1H3. The van der Waals surface area contributed by atoms with E-state index in [0.717, 1.165) is 17.7 Å². The maximum Gasteiger partial charge on any atom is 0.122 e. The van der Waals surface area contributed by atoms with Crippen molar-refractivity contribution in [2.45, 2.75) is 6.42 Å². The highest BCUT2D eigenvalue weighted by Crippen LogP contribution is 2.22. The first kappa shape index (κ1) is 10.3. The highest BCUT2D eigenvalue weighted by molar-refractivity contribution is 6.30. The highest BCUT2D eigenvalue weighted by Gasteiger charge is 2.02. The lowest BCUT2D eigenvalue weighted by Gasteiger charge is -2.08. The molecular formula is C9H13ClN2O. The fraction of sp³-hybridized carbons (Fsp3) is 0.333. The predicted octanol–water partition coefficient (Wildman–Crippen LogP) is 1.35. The first-order valence-electron chi connectivity index (χ1n) is 4.04. The first-order chi connectivity index (χ1) is 6.27. The zero-order valence-corrected chi connectivity index (χ0v) is 8.27. The lowest BCUT2D eigenvalue weighted by Crippen LogP contribution is -2.24. The van der Waals surface area contributed by atoms with Gasteiger partial charge in [0.2, 0.25) is 0 Å². The SMILES string of the molecule is COc1ccc(Cl)cc1CCNN. The third kappa shape index (κ3) is 2.88. The summed E-state index contributed by atoms with van der Waals surface area (Å²) in [5.41, 5.74) is 3.65. The van der Waals surface area contributed by atoms with Crippen LogP contribution in [0.15, 0.2) is 18.2 Å². The van der Waals surface area contributed by atoms with Gasteiger partial charge in [0, 0.05) is 11.6 Å². The maximum absolute atomic E-state index is 5.85. The van der Waals surface area contributed by atoms with Gasteiger partial charge in [-0.25, -0.2) is 0 Å². The van der Waals surface area contributed by atoms with Gasteiger partial charge in [-0.05, 0) is 30.2 Å². The number of hydrazine groups is 1. The number of nitrogens with two attached hydrogens (primary N) is 1. The van der Waals surface area contributed by atoms with E-state index < -0.39 is 0 Å². The molecule has 3 N–H and O–H groups in total.